The first-order chi connectivity index (χ1) is 13.2. The Hall–Kier alpha value is -2.64. The quantitative estimate of drug-likeness (QED) is 0.683. The maximum absolute atomic E-state index is 5.63. The Bertz CT molecular complexity index is 927. The van der Waals surface area contributed by atoms with E-state index in [1.807, 2.05) is 58.0 Å². The third-order valence-electron chi connectivity index (χ3n) is 5.05. The van der Waals surface area contributed by atoms with Crippen LogP contribution in [0, 0.1) is 4.77 Å². The van der Waals surface area contributed by atoms with Gasteiger partial charge in [0.2, 0.25) is 4.77 Å². The number of hydrogen-bond acceptors (Lipinski definition) is 4. The largest absolute Gasteiger partial charge is 0.497 e. The number of aromatic nitrogens is 3. The summed E-state index contributed by atoms with van der Waals surface area (Å²) in [6.45, 7) is 4.97. The fourth-order valence-electron chi connectivity index (χ4n) is 3.46. The average molecular weight is 383 g/mol. The van der Waals surface area contributed by atoms with Gasteiger partial charge in [0.15, 0.2) is 6.67 Å². The van der Waals surface area contributed by atoms with Crippen molar-refractivity contribution < 1.29 is 9.64 Å². The molecule has 6 nitrogen and oxygen atoms in total. The highest BCUT2D eigenvalue weighted by molar-refractivity contribution is 7.71. The van der Waals surface area contributed by atoms with Crippen LogP contribution < -0.4 is 14.5 Å². The maximum Gasteiger partial charge on any atom is 0.207 e. The minimum Gasteiger partial charge on any atom is -0.497 e. The van der Waals surface area contributed by atoms with Crippen molar-refractivity contribution in [2.75, 3.05) is 38.2 Å². The van der Waals surface area contributed by atoms with Gasteiger partial charge in [0, 0.05) is 11.4 Å². The van der Waals surface area contributed by atoms with Crippen LogP contribution in [0.1, 0.15) is 0 Å². The van der Waals surface area contributed by atoms with Crippen molar-refractivity contribution >= 4 is 17.9 Å². The van der Waals surface area contributed by atoms with Crippen molar-refractivity contribution in [2.24, 2.45) is 0 Å². The first-order valence-corrected chi connectivity index (χ1v) is 9.58. The average Bonchev–Trinajstić information content (AvgIpc) is 3.09. The summed E-state index contributed by atoms with van der Waals surface area (Å²) in [6, 6.07) is 18.4. The van der Waals surface area contributed by atoms with Gasteiger partial charge in [-0.05, 0) is 48.6 Å². The molecule has 140 valence electrons. The number of quaternary nitrogens is 1. The first kappa shape index (κ1) is 17.8. The van der Waals surface area contributed by atoms with Crippen LogP contribution in [-0.2, 0) is 6.67 Å². The van der Waals surface area contributed by atoms with Crippen molar-refractivity contribution in [1.82, 2.24) is 14.3 Å². The Kier molecular flexibility index (Phi) is 5.22. The second-order valence-corrected chi connectivity index (χ2v) is 7.08. The van der Waals surface area contributed by atoms with Crippen LogP contribution in [-0.4, -0.2) is 47.6 Å². The fourth-order valence-corrected chi connectivity index (χ4v) is 3.72. The van der Waals surface area contributed by atoms with Crippen molar-refractivity contribution in [3.8, 4) is 11.4 Å². The number of ether oxygens (including phenoxy) is 1. The topological polar surface area (TPSA) is 39.7 Å². The SMILES string of the molecule is COc1ccc(N2CC[NH+](Cn3ncn(-c4ccccc4)c3=S)CC2)cc1. The maximum atomic E-state index is 5.63. The highest BCUT2D eigenvalue weighted by Crippen LogP contribution is 2.19. The highest BCUT2D eigenvalue weighted by Gasteiger charge is 2.21. The highest BCUT2D eigenvalue weighted by atomic mass is 32.1. The molecular formula is C20H24N5OS+. The predicted octanol–water partition coefficient (Wildman–Crippen LogP) is 1.77. The molecule has 1 aliphatic rings. The monoisotopic (exact) mass is 382 g/mol. The minimum absolute atomic E-state index is 0.742. The summed E-state index contributed by atoms with van der Waals surface area (Å²) in [6.07, 6.45) is 1.81. The molecule has 1 saturated heterocycles. The molecule has 2 heterocycles. The number of anilines is 1. The standard InChI is InChI=1S/C20H23N5OS/c1-26-19-9-7-17(8-10-19)23-13-11-22(12-14-23)16-25-20(27)24(15-21-25)18-5-3-2-4-6-18/h2-10,15H,11-14,16H2,1H3/p+1. The second kappa shape index (κ2) is 7.94. The normalized spacial score (nSPS) is 15.1. The summed E-state index contributed by atoms with van der Waals surface area (Å²) < 4.78 is 9.87. The Morgan fingerprint density at radius 2 is 1.70 bits per heavy atom. The van der Waals surface area contributed by atoms with Crippen LogP contribution in [0.4, 0.5) is 5.69 Å². The van der Waals surface area contributed by atoms with Gasteiger partial charge in [-0.25, -0.2) is 0 Å². The van der Waals surface area contributed by atoms with Gasteiger partial charge in [-0.2, -0.15) is 9.78 Å². The summed E-state index contributed by atoms with van der Waals surface area (Å²) in [5.74, 6) is 0.895. The number of para-hydroxylation sites is 1. The van der Waals surface area contributed by atoms with E-state index in [-0.39, 0.29) is 0 Å². The van der Waals surface area contributed by atoms with Crippen molar-refractivity contribution in [1.29, 1.82) is 0 Å². The van der Waals surface area contributed by atoms with Gasteiger partial charge < -0.3 is 14.5 Å². The van der Waals surface area contributed by atoms with E-state index < -0.39 is 0 Å². The molecule has 0 atom stereocenters. The lowest BCUT2D eigenvalue weighted by molar-refractivity contribution is -0.924. The Labute approximate surface area is 164 Å². The number of methoxy groups -OCH3 is 1. The molecule has 4 rings (SSSR count). The summed E-state index contributed by atoms with van der Waals surface area (Å²) >= 11 is 5.63. The molecule has 1 aliphatic heterocycles. The van der Waals surface area contributed by atoms with E-state index in [2.05, 4.69) is 22.1 Å². The minimum atomic E-state index is 0.742. The zero-order valence-electron chi connectivity index (χ0n) is 15.4. The van der Waals surface area contributed by atoms with E-state index in [4.69, 9.17) is 17.0 Å². The molecule has 0 amide bonds. The van der Waals surface area contributed by atoms with Gasteiger partial charge in [0.25, 0.3) is 0 Å². The molecule has 0 spiro atoms. The number of nitrogens with zero attached hydrogens (tertiary/aromatic N) is 4. The Morgan fingerprint density at radius 1 is 1.00 bits per heavy atom. The van der Waals surface area contributed by atoms with E-state index in [0.717, 1.165) is 49.1 Å². The predicted molar refractivity (Wildman–Crippen MR) is 108 cm³/mol. The molecule has 0 unspecified atom stereocenters. The molecule has 7 heteroatoms. The Balaban J connectivity index is 1.38. The van der Waals surface area contributed by atoms with Crippen LogP contribution in [0.15, 0.2) is 60.9 Å². The molecule has 1 N–H and O–H groups in total. The third-order valence-corrected chi connectivity index (χ3v) is 5.46. The molecular weight excluding hydrogens is 358 g/mol. The lowest BCUT2D eigenvalue weighted by Gasteiger charge is -2.33. The van der Waals surface area contributed by atoms with Crippen LogP contribution in [0.5, 0.6) is 5.75 Å². The molecule has 0 radical (unpaired) electrons. The van der Waals surface area contributed by atoms with Gasteiger partial charge in [0.05, 0.1) is 33.3 Å². The molecule has 0 saturated carbocycles. The zero-order valence-corrected chi connectivity index (χ0v) is 16.2. The van der Waals surface area contributed by atoms with Crippen molar-refractivity contribution in [3.63, 3.8) is 0 Å². The Morgan fingerprint density at radius 3 is 2.37 bits per heavy atom. The number of rotatable bonds is 5. The van der Waals surface area contributed by atoms with E-state index in [0.29, 0.717) is 0 Å². The summed E-state index contributed by atoms with van der Waals surface area (Å²) in [5, 5.41) is 4.51. The van der Waals surface area contributed by atoms with Crippen molar-refractivity contribution in [3.05, 3.63) is 65.7 Å². The molecule has 0 bridgehead atoms. The van der Waals surface area contributed by atoms with E-state index >= 15 is 0 Å². The molecule has 1 fully saturated rings. The molecule has 2 aromatic carbocycles. The number of hydrogen-bond donors (Lipinski definition) is 1. The zero-order chi connectivity index (χ0) is 18.6. The third kappa shape index (κ3) is 3.89. The number of piperazine rings is 1. The summed E-state index contributed by atoms with van der Waals surface area (Å²) in [7, 11) is 1.70. The van der Waals surface area contributed by atoms with Gasteiger partial charge in [0.1, 0.15) is 12.1 Å². The van der Waals surface area contributed by atoms with Gasteiger partial charge in [-0.3, -0.25) is 4.57 Å². The second-order valence-electron chi connectivity index (χ2n) is 6.71. The summed E-state index contributed by atoms with van der Waals surface area (Å²) in [5.41, 5.74) is 2.30. The van der Waals surface area contributed by atoms with Gasteiger partial charge >= 0.3 is 0 Å². The van der Waals surface area contributed by atoms with Crippen LogP contribution >= 0.6 is 12.2 Å². The molecule has 27 heavy (non-hydrogen) atoms. The number of benzene rings is 2. The lowest BCUT2D eigenvalue weighted by Crippen LogP contribution is -3.14. The fraction of sp³-hybridized carbons (Fsp3) is 0.300. The van der Waals surface area contributed by atoms with E-state index in [1.165, 1.54) is 10.6 Å². The first-order valence-electron chi connectivity index (χ1n) is 9.17. The molecule has 0 aliphatic carbocycles. The number of nitrogens with one attached hydrogen (secondary N) is 1. The van der Waals surface area contributed by atoms with Gasteiger partial charge in [-0.1, -0.05) is 18.2 Å². The van der Waals surface area contributed by atoms with E-state index in [9.17, 15) is 0 Å². The van der Waals surface area contributed by atoms with Crippen LogP contribution in [0.25, 0.3) is 5.69 Å². The van der Waals surface area contributed by atoms with Crippen molar-refractivity contribution in [2.45, 2.75) is 6.67 Å². The smallest absolute Gasteiger partial charge is 0.207 e. The summed E-state index contributed by atoms with van der Waals surface area (Å²) in [4.78, 5) is 3.92. The molecule has 3 aromatic rings. The van der Waals surface area contributed by atoms with Gasteiger partial charge in [-0.15, -0.1) is 0 Å². The molecule has 1 aromatic heterocycles. The van der Waals surface area contributed by atoms with E-state index in [1.54, 1.807) is 7.11 Å². The van der Waals surface area contributed by atoms with Crippen LogP contribution in [0.3, 0.4) is 0 Å². The van der Waals surface area contributed by atoms with Crippen LogP contribution in [0.2, 0.25) is 0 Å². The lowest BCUT2D eigenvalue weighted by atomic mass is 10.2.